The minimum Gasteiger partial charge on any atom is -0.353 e. The maximum atomic E-state index is 12.8. The van der Waals surface area contributed by atoms with Crippen LogP contribution >= 0.6 is 0 Å². The zero-order valence-electron chi connectivity index (χ0n) is 17.7. The number of hydrogen-bond acceptors (Lipinski definition) is 4. The summed E-state index contributed by atoms with van der Waals surface area (Å²) in [4.78, 5) is 38.0. The molecule has 0 aliphatic rings. The highest BCUT2D eigenvalue weighted by Gasteiger charge is 2.14. The van der Waals surface area contributed by atoms with E-state index in [1.807, 2.05) is 65.2 Å². The van der Waals surface area contributed by atoms with Crippen molar-refractivity contribution in [3.63, 3.8) is 0 Å². The van der Waals surface area contributed by atoms with Crippen LogP contribution in [-0.2, 0) is 11.3 Å². The molecular formula is C25H21N5O3. The fourth-order valence-corrected chi connectivity index (χ4v) is 4.04. The molecule has 0 saturated carbocycles. The lowest BCUT2D eigenvalue weighted by Gasteiger charge is -2.15. The number of hydrogen-bond donors (Lipinski definition) is 3. The van der Waals surface area contributed by atoms with Crippen molar-refractivity contribution < 1.29 is 9.59 Å². The number of aromatic nitrogens is 3. The quantitative estimate of drug-likeness (QED) is 0.279. The summed E-state index contributed by atoms with van der Waals surface area (Å²) < 4.78 is 1.84. The SMILES string of the molecule is O=C(Cn1c2ccccc2c(=O)c2ccccc21)NCCNC(=O)c1n[nH]c2ccccc12. The lowest BCUT2D eigenvalue weighted by Crippen LogP contribution is -2.36. The number of para-hydroxylation sites is 3. The van der Waals surface area contributed by atoms with Gasteiger partial charge in [0.15, 0.2) is 11.1 Å². The Morgan fingerprint density at radius 3 is 2.06 bits per heavy atom. The van der Waals surface area contributed by atoms with E-state index in [9.17, 15) is 14.4 Å². The molecule has 2 amide bonds. The maximum absolute atomic E-state index is 12.8. The summed E-state index contributed by atoms with van der Waals surface area (Å²) >= 11 is 0. The molecular weight excluding hydrogens is 418 g/mol. The molecule has 5 aromatic rings. The van der Waals surface area contributed by atoms with Gasteiger partial charge >= 0.3 is 0 Å². The Hall–Kier alpha value is -4.46. The monoisotopic (exact) mass is 439 g/mol. The van der Waals surface area contributed by atoms with Crippen LogP contribution in [0.15, 0.2) is 77.6 Å². The van der Waals surface area contributed by atoms with Crippen LogP contribution < -0.4 is 16.1 Å². The first kappa shape index (κ1) is 20.4. The average Bonchev–Trinajstić information content (AvgIpc) is 3.29. The molecule has 0 fully saturated rings. The van der Waals surface area contributed by atoms with Gasteiger partial charge in [-0.1, -0.05) is 42.5 Å². The molecule has 0 atom stereocenters. The Kier molecular flexibility index (Phi) is 5.32. The lowest BCUT2D eigenvalue weighted by atomic mass is 10.1. The minimum atomic E-state index is -0.306. The molecule has 0 radical (unpaired) electrons. The molecule has 164 valence electrons. The summed E-state index contributed by atoms with van der Waals surface area (Å²) in [6, 6.07) is 21.9. The molecule has 8 heteroatoms. The van der Waals surface area contributed by atoms with Crippen molar-refractivity contribution in [1.29, 1.82) is 0 Å². The third-order valence-corrected chi connectivity index (χ3v) is 5.60. The van der Waals surface area contributed by atoms with Gasteiger partial charge in [0.2, 0.25) is 5.91 Å². The third-order valence-electron chi connectivity index (χ3n) is 5.60. The minimum absolute atomic E-state index is 0.0496. The molecule has 0 aliphatic heterocycles. The average molecular weight is 439 g/mol. The van der Waals surface area contributed by atoms with E-state index in [0.29, 0.717) is 27.5 Å². The summed E-state index contributed by atoms with van der Waals surface area (Å²) in [6.07, 6.45) is 0. The number of aromatic amines is 1. The molecule has 0 spiro atoms. The van der Waals surface area contributed by atoms with Crippen molar-refractivity contribution >= 4 is 44.5 Å². The molecule has 0 saturated heterocycles. The van der Waals surface area contributed by atoms with Crippen molar-refractivity contribution in [2.45, 2.75) is 6.54 Å². The Balaban J connectivity index is 1.26. The number of nitrogens with one attached hydrogen (secondary N) is 3. The number of amides is 2. The highest BCUT2D eigenvalue weighted by atomic mass is 16.2. The normalized spacial score (nSPS) is 11.2. The number of carbonyl (C=O) groups is 2. The first-order valence-electron chi connectivity index (χ1n) is 10.6. The van der Waals surface area contributed by atoms with Gasteiger partial charge in [-0.2, -0.15) is 5.10 Å². The van der Waals surface area contributed by atoms with Crippen LogP contribution in [0.5, 0.6) is 0 Å². The van der Waals surface area contributed by atoms with Crippen molar-refractivity contribution in [2.24, 2.45) is 0 Å². The Morgan fingerprint density at radius 2 is 1.36 bits per heavy atom. The van der Waals surface area contributed by atoms with E-state index in [-0.39, 0.29) is 36.9 Å². The number of nitrogens with zero attached hydrogens (tertiary/aromatic N) is 2. The summed E-state index contributed by atoms with van der Waals surface area (Å²) in [5.74, 6) is -0.521. The zero-order valence-corrected chi connectivity index (χ0v) is 17.7. The fourth-order valence-electron chi connectivity index (χ4n) is 4.04. The molecule has 3 aromatic carbocycles. The van der Waals surface area contributed by atoms with E-state index in [2.05, 4.69) is 20.8 Å². The van der Waals surface area contributed by atoms with E-state index in [4.69, 9.17) is 0 Å². The molecule has 2 heterocycles. The van der Waals surface area contributed by atoms with Crippen LogP contribution in [-0.4, -0.2) is 39.7 Å². The Bertz CT molecular complexity index is 1510. The van der Waals surface area contributed by atoms with Gasteiger partial charge in [0.25, 0.3) is 5.91 Å². The van der Waals surface area contributed by atoms with Gasteiger partial charge in [0.05, 0.1) is 16.6 Å². The Labute approximate surface area is 188 Å². The Morgan fingerprint density at radius 1 is 0.788 bits per heavy atom. The van der Waals surface area contributed by atoms with Crippen LogP contribution in [0.3, 0.4) is 0 Å². The summed E-state index contributed by atoms with van der Waals surface area (Å²) in [6.45, 7) is 0.583. The molecule has 3 N–H and O–H groups in total. The molecule has 5 rings (SSSR count). The smallest absolute Gasteiger partial charge is 0.272 e. The van der Waals surface area contributed by atoms with Gasteiger partial charge in [0, 0.05) is 29.2 Å². The van der Waals surface area contributed by atoms with Crippen LogP contribution in [0.4, 0.5) is 0 Å². The van der Waals surface area contributed by atoms with E-state index in [0.717, 1.165) is 10.9 Å². The summed E-state index contributed by atoms with van der Waals surface area (Å²) in [5.41, 5.74) is 2.47. The second-order valence-corrected chi connectivity index (χ2v) is 7.67. The van der Waals surface area contributed by atoms with Crippen LogP contribution in [0.25, 0.3) is 32.7 Å². The molecule has 8 nitrogen and oxygen atoms in total. The van der Waals surface area contributed by atoms with Gasteiger partial charge in [-0.3, -0.25) is 19.5 Å². The molecule has 33 heavy (non-hydrogen) atoms. The number of carbonyl (C=O) groups excluding carboxylic acids is 2. The summed E-state index contributed by atoms with van der Waals surface area (Å²) in [7, 11) is 0. The number of fused-ring (bicyclic) bond motifs is 3. The highest BCUT2D eigenvalue weighted by molar-refractivity contribution is 6.04. The number of benzene rings is 3. The standard InChI is InChI=1S/C25H21N5O3/c31-22(26-13-14-27-25(33)23-16-7-1-4-10-19(16)28-29-23)15-30-20-11-5-2-8-17(20)24(32)18-9-3-6-12-21(18)30/h1-12H,13-15H2,(H,26,31)(H,27,33)(H,28,29). The van der Waals surface area contributed by atoms with Crippen LogP contribution in [0.2, 0.25) is 0 Å². The number of rotatable bonds is 6. The van der Waals surface area contributed by atoms with E-state index >= 15 is 0 Å². The van der Waals surface area contributed by atoms with Crippen LogP contribution in [0, 0.1) is 0 Å². The van der Waals surface area contributed by atoms with Gasteiger partial charge in [-0.05, 0) is 30.3 Å². The van der Waals surface area contributed by atoms with E-state index < -0.39 is 0 Å². The zero-order chi connectivity index (χ0) is 22.8. The number of pyridine rings is 1. The maximum Gasteiger partial charge on any atom is 0.272 e. The predicted octanol–water partition coefficient (Wildman–Crippen LogP) is 2.58. The predicted molar refractivity (Wildman–Crippen MR) is 127 cm³/mol. The second kappa shape index (κ2) is 8.58. The highest BCUT2D eigenvalue weighted by Crippen LogP contribution is 2.19. The molecule has 0 bridgehead atoms. The van der Waals surface area contributed by atoms with Crippen molar-refractivity contribution in [2.75, 3.05) is 13.1 Å². The van der Waals surface area contributed by atoms with Gasteiger partial charge in [-0.25, -0.2) is 0 Å². The molecule has 2 aromatic heterocycles. The third kappa shape index (κ3) is 3.82. The molecule has 0 aliphatic carbocycles. The first-order chi connectivity index (χ1) is 16.1. The van der Waals surface area contributed by atoms with Gasteiger partial charge in [0.1, 0.15) is 6.54 Å². The van der Waals surface area contributed by atoms with Crippen LogP contribution in [0.1, 0.15) is 10.5 Å². The van der Waals surface area contributed by atoms with Gasteiger partial charge < -0.3 is 15.2 Å². The van der Waals surface area contributed by atoms with Gasteiger partial charge in [-0.15, -0.1) is 0 Å². The van der Waals surface area contributed by atoms with Crippen molar-refractivity contribution in [3.8, 4) is 0 Å². The van der Waals surface area contributed by atoms with E-state index in [1.54, 1.807) is 12.1 Å². The summed E-state index contributed by atoms with van der Waals surface area (Å²) in [5, 5.41) is 14.4. The molecule has 0 unspecified atom stereocenters. The lowest BCUT2D eigenvalue weighted by molar-refractivity contribution is -0.121. The van der Waals surface area contributed by atoms with Crippen molar-refractivity contribution in [3.05, 3.63) is 88.7 Å². The second-order valence-electron chi connectivity index (χ2n) is 7.67. The topological polar surface area (TPSA) is 109 Å². The van der Waals surface area contributed by atoms with Crippen molar-refractivity contribution in [1.82, 2.24) is 25.4 Å². The first-order valence-corrected chi connectivity index (χ1v) is 10.6. The largest absolute Gasteiger partial charge is 0.353 e. The van der Waals surface area contributed by atoms with E-state index in [1.165, 1.54) is 0 Å². The fraction of sp³-hybridized carbons (Fsp3) is 0.120. The number of H-pyrrole nitrogens is 1.